The van der Waals surface area contributed by atoms with Crippen molar-refractivity contribution in [2.75, 3.05) is 6.54 Å². The molecule has 0 fully saturated rings. The lowest BCUT2D eigenvalue weighted by Crippen LogP contribution is -2.16. The van der Waals surface area contributed by atoms with Gasteiger partial charge in [0.05, 0.1) is 6.20 Å². The van der Waals surface area contributed by atoms with Crippen LogP contribution in [0.25, 0.3) is 0 Å². The van der Waals surface area contributed by atoms with Gasteiger partial charge in [0.2, 0.25) is 0 Å². The van der Waals surface area contributed by atoms with E-state index in [1.54, 1.807) is 0 Å². The largest absolute Gasteiger partial charge is 0.312 e. The van der Waals surface area contributed by atoms with Gasteiger partial charge in [0.25, 0.3) is 0 Å². The molecule has 2 N–H and O–H groups in total. The van der Waals surface area contributed by atoms with Crippen LogP contribution in [0.1, 0.15) is 17.7 Å². The molecule has 2 rings (SSSR count). The summed E-state index contributed by atoms with van der Waals surface area (Å²) in [5.41, 5.74) is 2.37. The highest BCUT2D eigenvalue weighted by molar-refractivity contribution is 5.85. The molecule has 0 spiro atoms. The number of nitrogens with one attached hydrogen (secondary N) is 2. The summed E-state index contributed by atoms with van der Waals surface area (Å²) in [5, 5.41) is 14.5. The van der Waals surface area contributed by atoms with Crippen LogP contribution in [0.2, 0.25) is 0 Å². The van der Waals surface area contributed by atoms with Gasteiger partial charge in [-0.2, -0.15) is 10.2 Å². The van der Waals surface area contributed by atoms with Gasteiger partial charge < -0.3 is 5.32 Å². The maximum absolute atomic E-state index is 4.15. The minimum atomic E-state index is 0. The van der Waals surface area contributed by atoms with Gasteiger partial charge >= 0.3 is 0 Å². The van der Waals surface area contributed by atoms with Gasteiger partial charge in [-0.25, -0.2) is 0 Å². The Morgan fingerprint density at radius 1 is 1.47 bits per heavy atom. The smallest absolute Gasteiger partial charge is 0.0535 e. The average molecular weight is 256 g/mol. The summed E-state index contributed by atoms with van der Waals surface area (Å²) in [6.07, 6.45) is 6.75. The molecule has 2 aromatic heterocycles. The Balaban J connectivity index is 0.00000144. The maximum atomic E-state index is 4.15. The molecule has 17 heavy (non-hydrogen) atoms. The Morgan fingerprint density at radius 3 is 3.00 bits per heavy atom. The fourth-order valence-corrected chi connectivity index (χ4v) is 1.58. The molecule has 5 nitrogen and oxygen atoms in total. The minimum absolute atomic E-state index is 0. The molecule has 0 radical (unpaired) electrons. The number of halogens is 1. The monoisotopic (exact) mass is 255 g/mol. The van der Waals surface area contributed by atoms with Crippen LogP contribution >= 0.6 is 12.4 Å². The molecule has 0 aliphatic carbocycles. The first-order chi connectivity index (χ1) is 7.86. The first kappa shape index (κ1) is 13.7. The molecule has 0 aliphatic rings. The first-order valence-corrected chi connectivity index (χ1v) is 5.53. The zero-order valence-electron chi connectivity index (χ0n) is 9.89. The summed E-state index contributed by atoms with van der Waals surface area (Å²) in [4.78, 5) is 0. The Hall–Kier alpha value is -1.33. The predicted octanol–water partition coefficient (Wildman–Crippen LogP) is 1.52. The van der Waals surface area contributed by atoms with E-state index >= 15 is 0 Å². The van der Waals surface area contributed by atoms with Crippen LogP contribution < -0.4 is 5.32 Å². The van der Waals surface area contributed by atoms with Gasteiger partial charge in [-0.1, -0.05) is 0 Å². The number of hydrogen-bond acceptors (Lipinski definition) is 3. The molecular weight excluding hydrogens is 238 g/mol. The number of aromatic nitrogens is 4. The summed E-state index contributed by atoms with van der Waals surface area (Å²) in [6, 6.07) is 1.95. The second kappa shape index (κ2) is 7.09. The van der Waals surface area contributed by atoms with Crippen molar-refractivity contribution in [1.82, 2.24) is 25.3 Å². The second-order valence-electron chi connectivity index (χ2n) is 3.82. The zero-order chi connectivity index (χ0) is 11.2. The van der Waals surface area contributed by atoms with Gasteiger partial charge in [0.15, 0.2) is 0 Å². The number of H-pyrrole nitrogens is 1. The third-order valence-corrected chi connectivity index (χ3v) is 2.55. The van der Waals surface area contributed by atoms with Crippen LogP contribution in [0.4, 0.5) is 0 Å². The Labute approximate surface area is 107 Å². The van der Waals surface area contributed by atoms with Crippen molar-refractivity contribution >= 4 is 12.4 Å². The van der Waals surface area contributed by atoms with Crippen molar-refractivity contribution in [2.45, 2.75) is 26.4 Å². The highest BCUT2D eigenvalue weighted by Gasteiger charge is 1.98. The van der Waals surface area contributed by atoms with E-state index in [0.717, 1.165) is 31.7 Å². The van der Waals surface area contributed by atoms with Crippen LogP contribution in [0.5, 0.6) is 0 Å². The summed E-state index contributed by atoms with van der Waals surface area (Å²) < 4.78 is 1.95. The van der Waals surface area contributed by atoms with Gasteiger partial charge in [0, 0.05) is 36.7 Å². The summed E-state index contributed by atoms with van der Waals surface area (Å²) in [6.45, 7) is 4.87. The van der Waals surface area contributed by atoms with E-state index in [0.29, 0.717) is 0 Å². The van der Waals surface area contributed by atoms with Crippen molar-refractivity contribution < 1.29 is 0 Å². The molecular formula is C11H18ClN5. The molecule has 2 heterocycles. The molecule has 94 valence electrons. The molecule has 0 atom stereocenters. The normalized spacial score (nSPS) is 10.2. The third-order valence-electron chi connectivity index (χ3n) is 2.55. The van der Waals surface area contributed by atoms with E-state index in [1.165, 1.54) is 5.56 Å². The molecule has 0 saturated carbocycles. The molecule has 2 aromatic rings. The van der Waals surface area contributed by atoms with E-state index in [9.17, 15) is 0 Å². The van der Waals surface area contributed by atoms with E-state index in [2.05, 4.69) is 20.6 Å². The lowest BCUT2D eigenvalue weighted by molar-refractivity contribution is 0.543. The lowest BCUT2D eigenvalue weighted by atomic mass is 10.2. The topological polar surface area (TPSA) is 58.5 Å². The first-order valence-electron chi connectivity index (χ1n) is 5.53. The highest BCUT2D eigenvalue weighted by atomic mass is 35.5. The number of aryl methyl sites for hydroxylation is 2. The van der Waals surface area contributed by atoms with E-state index in [4.69, 9.17) is 0 Å². The fraction of sp³-hybridized carbons (Fsp3) is 0.455. The van der Waals surface area contributed by atoms with Crippen LogP contribution in [0, 0.1) is 6.92 Å². The van der Waals surface area contributed by atoms with Gasteiger partial charge in [0.1, 0.15) is 0 Å². The van der Waals surface area contributed by atoms with Crippen LogP contribution in [-0.2, 0) is 13.1 Å². The number of rotatable bonds is 6. The van der Waals surface area contributed by atoms with E-state index in [-0.39, 0.29) is 12.4 Å². The predicted molar refractivity (Wildman–Crippen MR) is 69.1 cm³/mol. The Morgan fingerprint density at radius 2 is 2.35 bits per heavy atom. The SMILES string of the molecule is Cc1[nH]ncc1CNCCCn1cccn1.Cl. The molecule has 0 amide bonds. The van der Waals surface area contributed by atoms with Crippen molar-refractivity contribution in [1.29, 1.82) is 0 Å². The lowest BCUT2D eigenvalue weighted by Gasteiger charge is -2.04. The number of aromatic amines is 1. The van der Waals surface area contributed by atoms with Crippen LogP contribution in [0.15, 0.2) is 24.7 Å². The third kappa shape index (κ3) is 4.20. The van der Waals surface area contributed by atoms with Crippen molar-refractivity contribution in [3.63, 3.8) is 0 Å². The quantitative estimate of drug-likeness (QED) is 0.770. The molecule has 0 bridgehead atoms. The summed E-state index contributed by atoms with van der Waals surface area (Å²) in [5.74, 6) is 0. The van der Waals surface area contributed by atoms with E-state index < -0.39 is 0 Å². The molecule has 6 heteroatoms. The summed E-state index contributed by atoms with van der Waals surface area (Å²) in [7, 11) is 0. The van der Waals surface area contributed by atoms with E-state index in [1.807, 2.05) is 36.3 Å². The zero-order valence-corrected chi connectivity index (χ0v) is 10.7. The van der Waals surface area contributed by atoms with Crippen molar-refractivity contribution in [3.8, 4) is 0 Å². The van der Waals surface area contributed by atoms with Crippen LogP contribution in [0.3, 0.4) is 0 Å². The van der Waals surface area contributed by atoms with Gasteiger partial charge in [-0.3, -0.25) is 9.78 Å². The van der Waals surface area contributed by atoms with Gasteiger partial charge in [-0.05, 0) is 26.0 Å². The van der Waals surface area contributed by atoms with Crippen molar-refractivity contribution in [3.05, 3.63) is 35.9 Å². The Bertz CT molecular complexity index is 409. The highest BCUT2D eigenvalue weighted by Crippen LogP contribution is 2.01. The summed E-state index contributed by atoms with van der Waals surface area (Å²) >= 11 is 0. The molecule has 0 aromatic carbocycles. The second-order valence-corrected chi connectivity index (χ2v) is 3.82. The molecule has 0 unspecified atom stereocenters. The van der Waals surface area contributed by atoms with Crippen molar-refractivity contribution in [2.24, 2.45) is 0 Å². The van der Waals surface area contributed by atoms with Crippen LogP contribution in [-0.4, -0.2) is 26.5 Å². The fourth-order valence-electron chi connectivity index (χ4n) is 1.58. The standard InChI is InChI=1S/C11H17N5.ClH/c1-10-11(9-13-15-10)8-12-4-2-6-16-7-3-5-14-16;/h3,5,7,9,12H,2,4,6,8H2,1H3,(H,13,15);1H. The number of nitrogens with zero attached hydrogens (tertiary/aromatic N) is 3. The average Bonchev–Trinajstić information content (AvgIpc) is 2.90. The molecule has 0 saturated heterocycles. The maximum Gasteiger partial charge on any atom is 0.0535 e. The Kier molecular flexibility index (Phi) is 5.72. The molecule has 0 aliphatic heterocycles. The van der Waals surface area contributed by atoms with Gasteiger partial charge in [-0.15, -0.1) is 12.4 Å². The minimum Gasteiger partial charge on any atom is -0.312 e. The number of hydrogen-bond donors (Lipinski definition) is 2.